The molecule has 34 heavy (non-hydrogen) atoms. The maximum Gasteiger partial charge on any atom is 0.184 e. The Morgan fingerprint density at radius 3 is 2.38 bits per heavy atom. The number of ether oxygens (including phenoxy) is 1. The highest BCUT2D eigenvalue weighted by Crippen LogP contribution is 2.45. The van der Waals surface area contributed by atoms with E-state index in [1.807, 2.05) is 0 Å². The Hall–Kier alpha value is -3.79. The van der Waals surface area contributed by atoms with E-state index in [4.69, 9.17) is 4.74 Å². The van der Waals surface area contributed by atoms with E-state index in [9.17, 15) is 13.9 Å². The molecule has 0 bridgehead atoms. The number of nitrogens with zero attached hydrogens (tertiary/aromatic N) is 5. The van der Waals surface area contributed by atoms with Crippen LogP contribution in [-0.2, 0) is 17.8 Å². The summed E-state index contributed by atoms with van der Waals surface area (Å²) in [5.74, 6) is -0.242. The van der Waals surface area contributed by atoms with Crippen LogP contribution in [0.1, 0.15) is 18.2 Å². The van der Waals surface area contributed by atoms with Gasteiger partial charge in [-0.1, -0.05) is 36.4 Å². The molecule has 0 spiro atoms. The number of benzene rings is 2. The van der Waals surface area contributed by atoms with Gasteiger partial charge >= 0.3 is 0 Å². The number of aliphatic hydroxyl groups is 1. The summed E-state index contributed by atoms with van der Waals surface area (Å²) in [4.78, 5) is 4.25. The summed E-state index contributed by atoms with van der Waals surface area (Å²) < 4.78 is 49.8. The monoisotopic (exact) mass is 469 g/mol. The third-order valence-corrected chi connectivity index (χ3v) is 5.66. The molecule has 2 heterocycles. The summed E-state index contributed by atoms with van der Waals surface area (Å²) in [5.41, 5.74) is -3.78. The molecule has 0 saturated carbocycles. The molecule has 2 aromatic heterocycles. The van der Waals surface area contributed by atoms with E-state index in [-0.39, 0.29) is 17.9 Å². The van der Waals surface area contributed by atoms with E-state index in [1.54, 1.807) is 30.3 Å². The van der Waals surface area contributed by atoms with Crippen molar-refractivity contribution in [3.63, 3.8) is 0 Å². The van der Waals surface area contributed by atoms with Crippen LogP contribution in [0.15, 0.2) is 73.2 Å². The number of rotatable bonds is 9. The second-order valence-electron chi connectivity index (χ2n) is 7.84. The molecule has 4 rings (SSSR count). The van der Waals surface area contributed by atoms with Gasteiger partial charge in [0.2, 0.25) is 0 Å². The minimum absolute atomic E-state index is 0.0275. The number of hydrogen-bond donors (Lipinski definition) is 1. The van der Waals surface area contributed by atoms with Crippen LogP contribution in [0, 0.1) is 5.82 Å². The predicted octanol–water partition coefficient (Wildman–Crippen LogP) is 4.00. The Kier molecular flexibility index (Phi) is 6.60. The van der Waals surface area contributed by atoms with E-state index in [0.717, 1.165) is 23.2 Å². The Balaban J connectivity index is 1.67. The smallest absolute Gasteiger partial charge is 0.184 e. The van der Waals surface area contributed by atoms with Gasteiger partial charge in [0, 0.05) is 17.3 Å². The standard InChI is InChI=1S/C24H22F3N5O2/c1-23(27,24(33,15-32-16-29-30-31-32)20-4-2-3-5-21(20)26)22-11-8-18(14-28-22)17-6-9-19(10-7-17)34-13-12-25/h2-11,14,16,33H,12-13,15H2,1H3. The van der Waals surface area contributed by atoms with Gasteiger partial charge in [-0.3, -0.25) is 4.98 Å². The van der Waals surface area contributed by atoms with Crippen molar-refractivity contribution in [2.75, 3.05) is 13.3 Å². The van der Waals surface area contributed by atoms with Crippen LogP contribution >= 0.6 is 0 Å². The number of tetrazole rings is 1. The van der Waals surface area contributed by atoms with Crippen molar-refractivity contribution in [2.24, 2.45) is 0 Å². The van der Waals surface area contributed by atoms with Crippen LogP contribution in [0.4, 0.5) is 13.2 Å². The minimum Gasteiger partial charge on any atom is -0.491 e. The molecule has 0 saturated heterocycles. The van der Waals surface area contributed by atoms with E-state index < -0.39 is 30.3 Å². The van der Waals surface area contributed by atoms with E-state index >= 15 is 4.39 Å². The number of aromatic nitrogens is 5. The quantitative estimate of drug-likeness (QED) is 0.399. The zero-order valence-corrected chi connectivity index (χ0v) is 18.3. The fourth-order valence-corrected chi connectivity index (χ4v) is 3.72. The molecule has 1 N–H and O–H groups in total. The third-order valence-electron chi connectivity index (χ3n) is 5.66. The largest absolute Gasteiger partial charge is 0.491 e. The van der Waals surface area contributed by atoms with Crippen LogP contribution < -0.4 is 4.74 Å². The van der Waals surface area contributed by atoms with Crippen LogP contribution in [0.2, 0.25) is 0 Å². The second-order valence-corrected chi connectivity index (χ2v) is 7.84. The lowest BCUT2D eigenvalue weighted by Gasteiger charge is -2.39. The molecule has 0 amide bonds. The SMILES string of the molecule is CC(F)(c1ccc(-c2ccc(OCCF)cc2)cn1)C(O)(Cn1cnnn1)c1ccccc1F. The van der Waals surface area contributed by atoms with Crippen molar-refractivity contribution in [3.05, 3.63) is 90.3 Å². The summed E-state index contributed by atoms with van der Waals surface area (Å²) >= 11 is 0. The average molecular weight is 469 g/mol. The zero-order chi connectivity index (χ0) is 24.2. The highest BCUT2D eigenvalue weighted by atomic mass is 19.1. The van der Waals surface area contributed by atoms with Crippen molar-refractivity contribution in [1.29, 1.82) is 0 Å². The molecule has 176 valence electrons. The molecule has 10 heteroatoms. The average Bonchev–Trinajstić information content (AvgIpc) is 3.36. The van der Waals surface area contributed by atoms with Crippen LogP contribution in [-0.4, -0.2) is 43.6 Å². The summed E-state index contributed by atoms with van der Waals surface area (Å²) in [7, 11) is 0. The predicted molar refractivity (Wildman–Crippen MR) is 118 cm³/mol. The number of hydrogen-bond acceptors (Lipinski definition) is 6. The third kappa shape index (κ3) is 4.49. The van der Waals surface area contributed by atoms with Gasteiger partial charge in [-0.05, 0) is 47.2 Å². The lowest BCUT2D eigenvalue weighted by Crippen LogP contribution is -2.48. The molecule has 4 aromatic rings. The molecule has 2 atom stereocenters. The molecular weight excluding hydrogens is 447 g/mol. The van der Waals surface area contributed by atoms with E-state index in [2.05, 4.69) is 20.5 Å². The molecule has 2 aromatic carbocycles. The molecule has 0 aliphatic heterocycles. The first kappa shape index (κ1) is 23.4. The first-order valence-corrected chi connectivity index (χ1v) is 10.5. The van der Waals surface area contributed by atoms with Gasteiger partial charge < -0.3 is 9.84 Å². The molecule has 2 unspecified atom stereocenters. The zero-order valence-electron chi connectivity index (χ0n) is 18.3. The van der Waals surface area contributed by atoms with Gasteiger partial charge in [0.25, 0.3) is 0 Å². The fraction of sp³-hybridized carbons (Fsp3) is 0.250. The van der Waals surface area contributed by atoms with Gasteiger partial charge in [-0.2, -0.15) is 0 Å². The highest BCUT2D eigenvalue weighted by Gasteiger charge is 2.53. The van der Waals surface area contributed by atoms with Gasteiger partial charge in [-0.15, -0.1) is 5.10 Å². The summed E-state index contributed by atoms with van der Waals surface area (Å²) in [6.45, 7) is 0.0859. The first-order valence-electron chi connectivity index (χ1n) is 10.5. The lowest BCUT2D eigenvalue weighted by atomic mass is 9.77. The minimum atomic E-state index is -2.52. The van der Waals surface area contributed by atoms with Crippen LogP contribution in [0.25, 0.3) is 11.1 Å². The van der Waals surface area contributed by atoms with Gasteiger partial charge in [0.1, 0.15) is 31.2 Å². The Morgan fingerprint density at radius 1 is 1.03 bits per heavy atom. The number of alkyl halides is 2. The molecule has 0 radical (unpaired) electrons. The lowest BCUT2D eigenvalue weighted by molar-refractivity contribution is -0.123. The van der Waals surface area contributed by atoms with Crippen LogP contribution in [0.3, 0.4) is 0 Å². The van der Waals surface area contributed by atoms with Crippen molar-refractivity contribution in [3.8, 4) is 16.9 Å². The molecule has 0 aliphatic carbocycles. The van der Waals surface area contributed by atoms with Crippen molar-refractivity contribution < 1.29 is 23.0 Å². The Bertz CT molecular complexity index is 1220. The fourth-order valence-electron chi connectivity index (χ4n) is 3.72. The maximum absolute atomic E-state index is 16.4. The van der Waals surface area contributed by atoms with Crippen molar-refractivity contribution in [2.45, 2.75) is 24.7 Å². The van der Waals surface area contributed by atoms with Gasteiger partial charge in [-0.25, -0.2) is 17.9 Å². The summed E-state index contributed by atoms with van der Waals surface area (Å²) in [6.07, 6.45) is 2.67. The maximum atomic E-state index is 16.4. The van der Waals surface area contributed by atoms with Crippen LogP contribution in [0.5, 0.6) is 5.75 Å². The number of halogens is 3. The topological polar surface area (TPSA) is 86.0 Å². The van der Waals surface area contributed by atoms with Gasteiger partial charge in [0.05, 0.1) is 12.2 Å². The normalized spacial score (nSPS) is 14.9. The van der Waals surface area contributed by atoms with E-state index in [1.165, 1.54) is 36.8 Å². The second kappa shape index (κ2) is 9.60. The van der Waals surface area contributed by atoms with Crippen molar-refractivity contribution in [1.82, 2.24) is 25.2 Å². The Morgan fingerprint density at radius 2 is 1.76 bits per heavy atom. The number of pyridine rings is 1. The molecule has 0 fully saturated rings. The highest BCUT2D eigenvalue weighted by molar-refractivity contribution is 5.63. The van der Waals surface area contributed by atoms with E-state index in [0.29, 0.717) is 11.3 Å². The molecular formula is C24H22F3N5O2. The Labute approximate surface area is 193 Å². The summed E-state index contributed by atoms with van der Waals surface area (Å²) in [6, 6.07) is 15.4. The van der Waals surface area contributed by atoms with Crippen molar-refractivity contribution >= 4 is 0 Å². The van der Waals surface area contributed by atoms with Gasteiger partial charge in [0.15, 0.2) is 11.3 Å². The molecule has 7 nitrogen and oxygen atoms in total. The first-order chi connectivity index (χ1) is 16.3. The molecule has 0 aliphatic rings. The summed E-state index contributed by atoms with van der Waals surface area (Å²) in [5, 5.41) is 22.3.